The molecule has 1 atom stereocenters. The van der Waals surface area contributed by atoms with E-state index in [4.69, 9.17) is 10.2 Å². The van der Waals surface area contributed by atoms with Crippen LogP contribution in [0.5, 0.6) is 0 Å². The van der Waals surface area contributed by atoms with Crippen molar-refractivity contribution < 1.29 is 19.0 Å². The SMILES string of the molecule is CC.CC.CC1(C)CC1CO.OCC1CC(F)(F)C1. The van der Waals surface area contributed by atoms with Crippen LogP contribution in [0, 0.1) is 17.3 Å². The Morgan fingerprint density at radius 3 is 1.32 bits per heavy atom. The molecule has 118 valence electrons. The molecule has 0 spiro atoms. The normalized spacial score (nSPS) is 25.3. The number of rotatable bonds is 2. The summed E-state index contributed by atoms with van der Waals surface area (Å²) in [6.45, 7) is 12.7. The molecule has 2 aliphatic carbocycles. The van der Waals surface area contributed by atoms with Gasteiger partial charge < -0.3 is 10.2 Å². The predicted octanol–water partition coefficient (Wildman–Crippen LogP) is 4.10. The summed E-state index contributed by atoms with van der Waals surface area (Å²) in [5.41, 5.74) is 0.467. The number of hydrogen-bond donors (Lipinski definition) is 2. The molecule has 2 rings (SSSR count). The van der Waals surface area contributed by atoms with Crippen molar-refractivity contribution in [1.82, 2.24) is 0 Å². The maximum atomic E-state index is 11.9. The molecule has 0 aromatic heterocycles. The first-order valence-electron chi connectivity index (χ1n) is 7.40. The molecule has 0 amide bonds. The fourth-order valence-corrected chi connectivity index (χ4v) is 1.80. The van der Waals surface area contributed by atoms with Gasteiger partial charge in [0.25, 0.3) is 0 Å². The molecule has 2 fully saturated rings. The van der Waals surface area contributed by atoms with Crippen molar-refractivity contribution in [2.75, 3.05) is 13.2 Å². The number of aliphatic hydroxyl groups excluding tert-OH is 2. The second-order valence-corrected chi connectivity index (χ2v) is 5.39. The molecule has 2 N–H and O–H groups in total. The Labute approximate surface area is 117 Å². The van der Waals surface area contributed by atoms with Crippen LogP contribution in [-0.2, 0) is 0 Å². The Morgan fingerprint density at radius 1 is 0.895 bits per heavy atom. The van der Waals surface area contributed by atoms with E-state index >= 15 is 0 Å². The molecule has 2 aliphatic rings. The first-order valence-corrected chi connectivity index (χ1v) is 7.40. The van der Waals surface area contributed by atoms with Crippen LogP contribution in [0.2, 0.25) is 0 Å². The molecule has 0 bridgehead atoms. The molecule has 0 aromatic rings. The van der Waals surface area contributed by atoms with Gasteiger partial charge in [0, 0.05) is 26.1 Å². The van der Waals surface area contributed by atoms with Crippen LogP contribution in [-0.4, -0.2) is 29.3 Å². The standard InChI is InChI=1S/C6H12O.C5H8F2O.2C2H6/c1-6(2)3-5(6)4-7;6-5(7)1-4(2-5)3-8;2*1-2/h5,7H,3-4H2,1-2H3;4,8H,1-3H2;2*1-2H3. The zero-order valence-corrected chi connectivity index (χ0v) is 13.3. The molecule has 0 aromatic carbocycles. The average molecular weight is 282 g/mol. The zero-order valence-electron chi connectivity index (χ0n) is 13.3. The van der Waals surface area contributed by atoms with Crippen LogP contribution in [0.1, 0.15) is 60.8 Å². The van der Waals surface area contributed by atoms with Crippen molar-refractivity contribution in [3.05, 3.63) is 0 Å². The Kier molecular flexibility index (Phi) is 10.7. The number of halogens is 2. The van der Waals surface area contributed by atoms with Gasteiger partial charge in [0.05, 0.1) is 0 Å². The topological polar surface area (TPSA) is 40.5 Å². The highest BCUT2D eigenvalue weighted by Crippen LogP contribution is 2.50. The van der Waals surface area contributed by atoms with E-state index in [1.165, 1.54) is 6.42 Å². The number of hydrogen-bond acceptors (Lipinski definition) is 2. The van der Waals surface area contributed by atoms with Gasteiger partial charge >= 0.3 is 0 Å². The van der Waals surface area contributed by atoms with Crippen molar-refractivity contribution in [3.8, 4) is 0 Å². The molecule has 0 aliphatic heterocycles. The molecular weight excluding hydrogens is 250 g/mol. The molecular formula is C15H32F2O2. The van der Waals surface area contributed by atoms with Gasteiger partial charge in [-0.1, -0.05) is 41.5 Å². The summed E-state index contributed by atoms with van der Waals surface area (Å²) in [6, 6.07) is 0. The quantitative estimate of drug-likeness (QED) is 0.800. The van der Waals surface area contributed by atoms with Crippen molar-refractivity contribution in [1.29, 1.82) is 0 Å². The van der Waals surface area contributed by atoms with Crippen molar-refractivity contribution in [2.45, 2.75) is 66.7 Å². The van der Waals surface area contributed by atoms with Gasteiger partial charge in [0.2, 0.25) is 5.92 Å². The third kappa shape index (κ3) is 8.53. The minimum atomic E-state index is -2.46. The lowest BCUT2D eigenvalue weighted by Gasteiger charge is -2.33. The van der Waals surface area contributed by atoms with Gasteiger partial charge in [-0.2, -0.15) is 0 Å². The summed E-state index contributed by atoms with van der Waals surface area (Å²) in [7, 11) is 0. The Morgan fingerprint density at radius 2 is 1.26 bits per heavy atom. The molecule has 4 heteroatoms. The molecule has 2 nitrogen and oxygen atoms in total. The van der Waals surface area contributed by atoms with Gasteiger partial charge in [0.1, 0.15) is 0 Å². The van der Waals surface area contributed by atoms with Crippen molar-refractivity contribution in [3.63, 3.8) is 0 Å². The largest absolute Gasteiger partial charge is 0.396 e. The molecule has 2 saturated carbocycles. The lowest BCUT2D eigenvalue weighted by Crippen LogP contribution is -2.37. The Bertz CT molecular complexity index is 210. The van der Waals surface area contributed by atoms with Crippen LogP contribution in [0.4, 0.5) is 8.78 Å². The van der Waals surface area contributed by atoms with Crippen LogP contribution < -0.4 is 0 Å². The van der Waals surface area contributed by atoms with E-state index in [9.17, 15) is 8.78 Å². The summed E-state index contributed by atoms with van der Waals surface area (Å²) in [4.78, 5) is 0. The molecule has 0 saturated heterocycles. The van der Waals surface area contributed by atoms with Gasteiger partial charge in [-0.25, -0.2) is 8.78 Å². The van der Waals surface area contributed by atoms with Crippen molar-refractivity contribution in [2.24, 2.45) is 17.3 Å². The smallest absolute Gasteiger partial charge is 0.248 e. The molecule has 19 heavy (non-hydrogen) atoms. The molecule has 0 heterocycles. The summed E-state index contributed by atoms with van der Waals surface area (Å²) < 4.78 is 23.7. The van der Waals surface area contributed by atoms with Gasteiger partial charge in [-0.15, -0.1) is 0 Å². The highest BCUT2D eigenvalue weighted by Gasteiger charge is 2.45. The monoisotopic (exact) mass is 282 g/mol. The minimum Gasteiger partial charge on any atom is -0.396 e. The van der Waals surface area contributed by atoms with Crippen LogP contribution in [0.25, 0.3) is 0 Å². The van der Waals surface area contributed by atoms with E-state index in [1.54, 1.807) is 0 Å². The van der Waals surface area contributed by atoms with E-state index in [-0.39, 0.29) is 25.4 Å². The minimum absolute atomic E-state index is 0.0877. The van der Waals surface area contributed by atoms with Crippen molar-refractivity contribution >= 4 is 0 Å². The van der Waals surface area contributed by atoms with E-state index in [1.807, 2.05) is 27.7 Å². The highest BCUT2D eigenvalue weighted by atomic mass is 19.3. The first kappa shape index (κ1) is 21.1. The van der Waals surface area contributed by atoms with Gasteiger partial charge in [-0.05, 0) is 23.7 Å². The van der Waals surface area contributed by atoms with E-state index in [0.717, 1.165) is 0 Å². The third-order valence-electron chi connectivity index (χ3n) is 3.37. The summed E-state index contributed by atoms with van der Waals surface area (Å²) >= 11 is 0. The third-order valence-corrected chi connectivity index (χ3v) is 3.37. The van der Waals surface area contributed by atoms with E-state index in [2.05, 4.69) is 13.8 Å². The lowest BCUT2D eigenvalue weighted by molar-refractivity contribution is -0.121. The maximum absolute atomic E-state index is 11.9. The fraction of sp³-hybridized carbons (Fsp3) is 1.00. The zero-order chi connectivity index (χ0) is 15.7. The van der Waals surface area contributed by atoms with Crippen LogP contribution in [0.3, 0.4) is 0 Å². The number of aliphatic hydroxyl groups is 2. The lowest BCUT2D eigenvalue weighted by atomic mass is 9.82. The van der Waals surface area contributed by atoms with E-state index < -0.39 is 5.92 Å². The Balaban J connectivity index is 0. The summed E-state index contributed by atoms with van der Waals surface area (Å²) in [5, 5.41) is 16.8. The van der Waals surface area contributed by atoms with Crippen LogP contribution in [0.15, 0.2) is 0 Å². The average Bonchev–Trinajstić information content (AvgIpc) is 3.00. The summed E-state index contributed by atoms with van der Waals surface area (Å²) in [5.74, 6) is -1.99. The molecule has 0 radical (unpaired) electrons. The van der Waals surface area contributed by atoms with Crippen LogP contribution >= 0.6 is 0 Å². The predicted molar refractivity (Wildman–Crippen MR) is 76.4 cm³/mol. The summed E-state index contributed by atoms with van der Waals surface area (Å²) in [6.07, 6.45) is 0.969. The second kappa shape index (κ2) is 9.65. The number of alkyl halides is 2. The van der Waals surface area contributed by atoms with Gasteiger partial charge in [0.15, 0.2) is 0 Å². The second-order valence-electron chi connectivity index (χ2n) is 5.39. The van der Waals surface area contributed by atoms with Gasteiger partial charge in [-0.3, -0.25) is 0 Å². The fourth-order valence-electron chi connectivity index (χ4n) is 1.80. The molecule has 1 unspecified atom stereocenters. The Hall–Kier alpha value is -0.220. The van der Waals surface area contributed by atoms with E-state index in [0.29, 0.717) is 17.9 Å². The highest BCUT2D eigenvalue weighted by molar-refractivity contribution is 4.94. The maximum Gasteiger partial charge on any atom is 0.248 e. The first-order chi connectivity index (χ1) is 8.80.